The van der Waals surface area contributed by atoms with E-state index in [1.165, 1.54) is 21.3 Å². The largest absolute Gasteiger partial charge is 0.493 e. The Morgan fingerprint density at radius 1 is 1.24 bits per heavy atom. The molecule has 1 unspecified atom stereocenters. The number of carbonyl (C=O) groups is 1. The van der Waals surface area contributed by atoms with Crippen molar-refractivity contribution in [2.45, 2.75) is 12.5 Å². The minimum Gasteiger partial charge on any atom is -0.493 e. The van der Waals surface area contributed by atoms with Crippen LogP contribution < -0.4 is 9.47 Å². The molecule has 0 aliphatic rings. The first-order valence-electron chi connectivity index (χ1n) is 5.09. The van der Waals surface area contributed by atoms with E-state index in [-0.39, 0.29) is 6.42 Å². The van der Waals surface area contributed by atoms with Crippen LogP contribution in [-0.2, 0) is 9.53 Å². The van der Waals surface area contributed by atoms with Crippen LogP contribution in [0.25, 0.3) is 0 Å². The molecule has 0 aliphatic carbocycles. The predicted octanol–water partition coefficient (Wildman–Crippen LogP) is 1.30. The minimum absolute atomic E-state index is 0.0913. The zero-order valence-corrected chi connectivity index (χ0v) is 10.1. The molecule has 5 heteroatoms. The molecule has 5 nitrogen and oxygen atoms in total. The molecular formula is C12H16O5. The summed E-state index contributed by atoms with van der Waals surface area (Å²) in [6.45, 7) is 0. The van der Waals surface area contributed by atoms with E-state index < -0.39 is 12.1 Å². The smallest absolute Gasteiger partial charge is 0.308 e. The van der Waals surface area contributed by atoms with Gasteiger partial charge in [0.25, 0.3) is 0 Å². The second-order valence-corrected chi connectivity index (χ2v) is 3.41. The lowest BCUT2D eigenvalue weighted by atomic mass is 10.1. The number of ether oxygens (including phenoxy) is 3. The van der Waals surface area contributed by atoms with Gasteiger partial charge in [0.2, 0.25) is 0 Å². The number of aliphatic hydroxyl groups excluding tert-OH is 1. The van der Waals surface area contributed by atoms with E-state index in [0.717, 1.165) is 0 Å². The standard InChI is InChI=1S/C12H16O5/c1-15-10-5-4-8(6-11(10)16-2)9(13)7-12(14)17-3/h4-6,9,13H,7H2,1-3H3. The van der Waals surface area contributed by atoms with Crippen molar-refractivity contribution in [3.05, 3.63) is 23.8 Å². The molecule has 0 spiro atoms. The van der Waals surface area contributed by atoms with E-state index >= 15 is 0 Å². The molecule has 0 bridgehead atoms. The first-order valence-corrected chi connectivity index (χ1v) is 5.09. The lowest BCUT2D eigenvalue weighted by molar-refractivity contribution is -0.142. The van der Waals surface area contributed by atoms with Crippen LogP contribution in [0.4, 0.5) is 0 Å². The van der Waals surface area contributed by atoms with Crippen molar-refractivity contribution in [1.29, 1.82) is 0 Å². The van der Waals surface area contributed by atoms with Gasteiger partial charge in [-0.05, 0) is 17.7 Å². The summed E-state index contributed by atoms with van der Waals surface area (Å²) in [7, 11) is 4.32. The van der Waals surface area contributed by atoms with Gasteiger partial charge in [0.1, 0.15) is 0 Å². The second-order valence-electron chi connectivity index (χ2n) is 3.41. The Bertz CT molecular complexity index is 388. The maximum absolute atomic E-state index is 11.0. The van der Waals surface area contributed by atoms with Crippen LogP contribution in [0.3, 0.4) is 0 Å². The molecule has 0 amide bonds. The van der Waals surface area contributed by atoms with Gasteiger partial charge in [0.15, 0.2) is 11.5 Å². The highest BCUT2D eigenvalue weighted by Crippen LogP contribution is 2.30. The lowest BCUT2D eigenvalue weighted by Gasteiger charge is -2.13. The average Bonchev–Trinajstić information content (AvgIpc) is 2.37. The fourth-order valence-electron chi connectivity index (χ4n) is 1.42. The quantitative estimate of drug-likeness (QED) is 0.786. The van der Waals surface area contributed by atoms with E-state index in [9.17, 15) is 9.90 Å². The zero-order chi connectivity index (χ0) is 12.8. The normalized spacial score (nSPS) is 11.8. The molecule has 0 saturated heterocycles. The third-order valence-electron chi connectivity index (χ3n) is 2.38. The van der Waals surface area contributed by atoms with E-state index in [0.29, 0.717) is 17.1 Å². The maximum Gasteiger partial charge on any atom is 0.308 e. The van der Waals surface area contributed by atoms with Crippen LogP contribution in [-0.4, -0.2) is 32.4 Å². The average molecular weight is 240 g/mol. The molecule has 0 aliphatic heterocycles. The molecule has 0 aromatic heterocycles. The van der Waals surface area contributed by atoms with E-state index in [2.05, 4.69) is 4.74 Å². The summed E-state index contributed by atoms with van der Waals surface area (Å²) in [5.41, 5.74) is 0.577. The van der Waals surface area contributed by atoms with Crippen molar-refractivity contribution in [2.24, 2.45) is 0 Å². The zero-order valence-electron chi connectivity index (χ0n) is 10.1. The number of hydrogen-bond acceptors (Lipinski definition) is 5. The molecule has 0 fully saturated rings. The third kappa shape index (κ3) is 3.35. The Balaban J connectivity index is 2.87. The number of benzene rings is 1. The molecule has 94 valence electrons. The van der Waals surface area contributed by atoms with E-state index in [1.807, 2.05) is 0 Å². The van der Waals surface area contributed by atoms with Gasteiger partial charge in [-0.2, -0.15) is 0 Å². The van der Waals surface area contributed by atoms with Crippen LogP contribution in [0.2, 0.25) is 0 Å². The Morgan fingerprint density at radius 3 is 2.41 bits per heavy atom. The maximum atomic E-state index is 11.0. The molecule has 1 aromatic rings. The second kappa shape index (κ2) is 6.10. The molecule has 0 saturated carbocycles. The Morgan fingerprint density at radius 2 is 1.88 bits per heavy atom. The summed E-state index contributed by atoms with van der Waals surface area (Å²) >= 11 is 0. The van der Waals surface area contributed by atoms with Crippen LogP contribution >= 0.6 is 0 Å². The number of esters is 1. The molecule has 1 rings (SSSR count). The fourth-order valence-corrected chi connectivity index (χ4v) is 1.42. The minimum atomic E-state index is -0.915. The summed E-state index contributed by atoms with van der Waals surface area (Å²) in [6.07, 6.45) is -1.01. The van der Waals surface area contributed by atoms with Gasteiger partial charge in [-0.1, -0.05) is 6.07 Å². The number of aliphatic hydroxyl groups is 1. The molecule has 0 heterocycles. The lowest BCUT2D eigenvalue weighted by Crippen LogP contribution is -2.08. The highest BCUT2D eigenvalue weighted by molar-refractivity contribution is 5.70. The first-order chi connectivity index (χ1) is 8.12. The van der Waals surface area contributed by atoms with Crippen LogP contribution in [0, 0.1) is 0 Å². The SMILES string of the molecule is COC(=O)CC(O)c1ccc(OC)c(OC)c1. The third-order valence-corrected chi connectivity index (χ3v) is 2.38. The molecule has 1 atom stereocenters. The molecule has 1 N–H and O–H groups in total. The van der Waals surface area contributed by atoms with Crippen molar-refractivity contribution < 1.29 is 24.1 Å². The van der Waals surface area contributed by atoms with Crippen molar-refractivity contribution in [3.63, 3.8) is 0 Å². The topological polar surface area (TPSA) is 65.0 Å². The highest BCUT2D eigenvalue weighted by atomic mass is 16.5. The van der Waals surface area contributed by atoms with Gasteiger partial charge in [-0.3, -0.25) is 4.79 Å². The number of rotatable bonds is 5. The van der Waals surface area contributed by atoms with Crippen LogP contribution in [0.1, 0.15) is 18.1 Å². The molecule has 17 heavy (non-hydrogen) atoms. The predicted molar refractivity (Wildman–Crippen MR) is 61.1 cm³/mol. The van der Waals surface area contributed by atoms with Gasteiger partial charge in [-0.25, -0.2) is 0 Å². The van der Waals surface area contributed by atoms with Gasteiger partial charge in [0.05, 0.1) is 33.9 Å². The summed E-state index contributed by atoms with van der Waals surface area (Å²) in [6, 6.07) is 4.98. The van der Waals surface area contributed by atoms with E-state index in [4.69, 9.17) is 9.47 Å². The van der Waals surface area contributed by atoms with Crippen LogP contribution in [0.5, 0.6) is 11.5 Å². The summed E-state index contributed by atoms with van der Waals surface area (Å²) in [5.74, 6) is 0.614. The Hall–Kier alpha value is -1.75. The first kappa shape index (κ1) is 13.3. The Labute approximate surface area is 99.9 Å². The van der Waals surface area contributed by atoms with Gasteiger partial charge in [0, 0.05) is 0 Å². The summed E-state index contributed by atoms with van der Waals surface area (Å²) in [5, 5.41) is 9.81. The van der Waals surface area contributed by atoms with E-state index in [1.54, 1.807) is 18.2 Å². The van der Waals surface area contributed by atoms with Gasteiger partial charge < -0.3 is 19.3 Å². The molecular weight excluding hydrogens is 224 g/mol. The number of hydrogen-bond donors (Lipinski definition) is 1. The molecule has 1 aromatic carbocycles. The monoisotopic (exact) mass is 240 g/mol. The van der Waals surface area contributed by atoms with Crippen molar-refractivity contribution in [1.82, 2.24) is 0 Å². The van der Waals surface area contributed by atoms with Gasteiger partial charge >= 0.3 is 5.97 Å². The van der Waals surface area contributed by atoms with Crippen molar-refractivity contribution in [3.8, 4) is 11.5 Å². The summed E-state index contributed by atoms with van der Waals surface area (Å²) in [4.78, 5) is 11.0. The van der Waals surface area contributed by atoms with Crippen molar-refractivity contribution in [2.75, 3.05) is 21.3 Å². The van der Waals surface area contributed by atoms with Crippen LogP contribution in [0.15, 0.2) is 18.2 Å². The van der Waals surface area contributed by atoms with Crippen molar-refractivity contribution >= 4 is 5.97 Å². The summed E-state index contributed by atoms with van der Waals surface area (Å²) < 4.78 is 14.7. The fraction of sp³-hybridized carbons (Fsp3) is 0.417. The Kier molecular flexibility index (Phi) is 4.78. The number of carbonyl (C=O) groups excluding carboxylic acids is 1. The highest BCUT2D eigenvalue weighted by Gasteiger charge is 2.15. The number of methoxy groups -OCH3 is 3. The molecule has 0 radical (unpaired) electrons. The van der Waals surface area contributed by atoms with Gasteiger partial charge in [-0.15, -0.1) is 0 Å².